The van der Waals surface area contributed by atoms with E-state index in [2.05, 4.69) is 6.58 Å². The lowest BCUT2D eigenvalue weighted by atomic mass is 9.96. The summed E-state index contributed by atoms with van der Waals surface area (Å²) in [4.78, 5) is 0. The first-order chi connectivity index (χ1) is 9.08. The number of halogens is 1. The largest absolute Gasteiger partial charge is 0.508 e. The van der Waals surface area contributed by atoms with E-state index in [4.69, 9.17) is 0 Å². The molecule has 0 saturated heterocycles. The van der Waals surface area contributed by atoms with Gasteiger partial charge in [-0.2, -0.15) is 0 Å². The second-order valence-corrected chi connectivity index (χ2v) is 3.88. The lowest BCUT2D eigenvalue weighted by Gasteiger charge is -2.11. The molecule has 0 aromatic heterocycles. The van der Waals surface area contributed by atoms with Crippen LogP contribution in [0.5, 0.6) is 11.5 Å². The van der Waals surface area contributed by atoms with Crippen molar-refractivity contribution in [2.45, 2.75) is 27.2 Å². The molecule has 0 heterocycles. The van der Waals surface area contributed by atoms with Crippen LogP contribution in [0.1, 0.15) is 31.9 Å². The van der Waals surface area contributed by atoms with E-state index in [1.165, 1.54) is 18.2 Å². The predicted molar refractivity (Wildman–Crippen MR) is 78.1 cm³/mol. The Labute approximate surface area is 112 Å². The van der Waals surface area contributed by atoms with Crippen molar-refractivity contribution in [2.24, 2.45) is 0 Å². The molecule has 0 atom stereocenters. The molecule has 0 amide bonds. The van der Waals surface area contributed by atoms with Crippen molar-refractivity contribution in [3.8, 4) is 11.5 Å². The monoisotopic (exact) mass is 262 g/mol. The Morgan fingerprint density at radius 2 is 1.84 bits per heavy atom. The van der Waals surface area contributed by atoms with Crippen LogP contribution in [-0.4, -0.2) is 10.2 Å². The molecule has 0 bridgehead atoms. The van der Waals surface area contributed by atoms with Gasteiger partial charge in [0.1, 0.15) is 5.75 Å². The fraction of sp³-hybridized carbons (Fsp3) is 0.250. The van der Waals surface area contributed by atoms with Gasteiger partial charge in [-0.3, -0.25) is 0 Å². The average Bonchev–Trinajstić information content (AvgIpc) is 2.42. The van der Waals surface area contributed by atoms with E-state index in [-0.39, 0.29) is 11.3 Å². The van der Waals surface area contributed by atoms with Gasteiger partial charge in [0.15, 0.2) is 11.6 Å². The van der Waals surface area contributed by atoms with Crippen LogP contribution in [0.4, 0.5) is 4.39 Å². The van der Waals surface area contributed by atoms with E-state index in [1.54, 1.807) is 6.07 Å². The molecule has 2 aromatic carbocycles. The number of fused-ring (bicyclic) bond motifs is 1. The third-order valence-corrected chi connectivity index (χ3v) is 2.84. The second-order valence-electron chi connectivity index (χ2n) is 3.88. The Morgan fingerprint density at radius 3 is 2.37 bits per heavy atom. The van der Waals surface area contributed by atoms with Gasteiger partial charge in [-0.15, -0.1) is 0 Å². The maximum absolute atomic E-state index is 13.8. The first-order valence-corrected chi connectivity index (χ1v) is 6.38. The van der Waals surface area contributed by atoms with Crippen LogP contribution in [0, 0.1) is 5.82 Å². The third-order valence-electron chi connectivity index (χ3n) is 2.84. The lowest BCUT2D eigenvalue weighted by Crippen LogP contribution is -1.92. The second kappa shape index (κ2) is 6.23. The number of phenols is 2. The molecule has 0 spiro atoms. The summed E-state index contributed by atoms with van der Waals surface area (Å²) in [6.07, 6.45) is 2.05. The van der Waals surface area contributed by atoms with Crippen LogP contribution >= 0.6 is 0 Å². The molecule has 0 fully saturated rings. The highest BCUT2D eigenvalue weighted by atomic mass is 19.1. The number of rotatable bonds is 2. The Kier molecular flexibility index (Phi) is 4.93. The van der Waals surface area contributed by atoms with E-state index < -0.39 is 11.6 Å². The number of hydrogen-bond donors (Lipinski definition) is 2. The zero-order chi connectivity index (χ0) is 14.6. The summed E-state index contributed by atoms with van der Waals surface area (Å²) in [5, 5.41) is 20.3. The third kappa shape index (κ3) is 2.70. The molecule has 3 heteroatoms. The molecule has 2 aromatic rings. The molecule has 0 aliphatic rings. The summed E-state index contributed by atoms with van der Waals surface area (Å²) in [5.41, 5.74) is 1.10. The molecule has 2 rings (SSSR count). The Balaban J connectivity index is 0.000000861. The molecule has 0 unspecified atom stereocenters. The van der Waals surface area contributed by atoms with E-state index in [1.807, 2.05) is 20.8 Å². The van der Waals surface area contributed by atoms with Crippen molar-refractivity contribution in [2.75, 3.05) is 0 Å². The maximum atomic E-state index is 13.8. The minimum atomic E-state index is -0.673. The Hall–Kier alpha value is -2.03. The molecule has 2 nitrogen and oxygen atoms in total. The number of aromatic hydroxyl groups is 2. The topological polar surface area (TPSA) is 40.5 Å². The van der Waals surface area contributed by atoms with Gasteiger partial charge < -0.3 is 10.2 Å². The number of aryl methyl sites for hydroxylation is 1. The van der Waals surface area contributed by atoms with E-state index in [0.717, 1.165) is 5.56 Å². The number of hydrogen-bond acceptors (Lipinski definition) is 2. The summed E-state index contributed by atoms with van der Waals surface area (Å²) in [7, 11) is 0. The molecule has 2 N–H and O–H groups in total. The minimum absolute atomic E-state index is 0.107. The zero-order valence-corrected chi connectivity index (χ0v) is 11.5. The van der Waals surface area contributed by atoms with Gasteiger partial charge in [0.2, 0.25) is 0 Å². The normalized spacial score (nSPS) is 9.89. The van der Waals surface area contributed by atoms with Crippen molar-refractivity contribution in [3.05, 3.63) is 41.7 Å². The van der Waals surface area contributed by atoms with Crippen molar-refractivity contribution in [1.82, 2.24) is 0 Å². The molecule has 0 radical (unpaired) electrons. The van der Waals surface area contributed by atoms with Gasteiger partial charge >= 0.3 is 0 Å². The fourth-order valence-corrected chi connectivity index (χ4v) is 2.08. The van der Waals surface area contributed by atoms with Crippen molar-refractivity contribution < 1.29 is 14.6 Å². The molecular formula is C16H19FO2. The van der Waals surface area contributed by atoms with Crippen LogP contribution in [0.15, 0.2) is 24.8 Å². The van der Waals surface area contributed by atoms with E-state index in [0.29, 0.717) is 17.2 Å². The van der Waals surface area contributed by atoms with Crippen LogP contribution < -0.4 is 0 Å². The minimum Gasteiger partial charge on any atom is -0.508 e. The predicted octanol–water partition coefficient (Wildman–Crippen LogP) is 4.62. The highest BCUT2D eigenvalue weighted by Crippen LogP contribution is 2.34. The fourth-order valence-electron chi connectivity index (χ4n) is 2.08. The van der Waals surface area contributed by atoms with Crippen molar-refractivity contribution >= 4 is 16.8 Å². The zero-order valence-electron chi connectivity index (χ0n) is 11.5. The molecule has 102 valence electrons. The van der Waals surface area contributed by atoms with Crippen LogP contribution in [0.25, 0.3) is 16.8 Å². The van der Waals surface area contributed by atoms with Crippen LogP contribution in [0.2, 0.25) is 0 Å². The lowest BCUT2D eigenvalue weighted by molar-refractivity contribution is 0.433. The Morgan fingerprint density at radius 1 is 1.21 bits per heavy atom. The first kappa shape index (κ1) is 15.0. The maximum Gasteiger partial charge on any atom is 0.172 e. The smallest absolute Gasteiger partial charge is 0.172 e. The average molecular weight is 262 g/mol. The van der Waals surface area contributed by atoms with Gasteiger partial charge in [-0.05, 0) is 41.0 Å². The van der Waals surface area contributed by atoms with Gasteiger partial charge in [-0.25, -0.2) is 4.39 Å². The molecule has 0 aliphatic heterocycles. The van der Waals surface area contributed by atoms with Gasteiger partial charge in [0, 0.05) is 5.56 Å². The number of benzene rings is 2. The van der Waals surface area contributed by atoms with Crippen LogP contribution in [0.3, 0.4) is 0 Å². The highest BCUT2D eigenvalue weighted by molar-refractivity contribution is 5.95. The van der Waals surface area contributed by atoms with E-state index >= 15 is 0 Å². The Bertz CT molecular complexity index is 603. The molecule has 0 saturated carbocycles. The first-order valence-electron chi connectivity index (χ1n) is 6.38. The summed E-state index contributed by atoms with van der Waals surface area (Å²) in [6.45, 7) is 9.49. The highest BCUT2D eigenvalue weighted by Gasteiger charge is 2.14. The van der Waals surface area contributed by atoms with Crippen molar-refractivity contribution in [1.29, 1.82) is 0 Å². The molecule has 19 heavy (non-hydrogen) atoms. The van der Waals surface area contributed by atoms with Crippen LogP contribution in [-0.2, 0) is 6.42 Å². The van der Waals surface area contributed by atoms with Gasteiger partial charge in [0.25, 0.3) is 0 Å². The molecule has 0 aliphatic carbocycles. The number of phenolic OH excluding ortho intramolecular Hbond substituents is 2. The summed E-state index contributed by atoms with van der Waals surface area (Å²) < 4.78 is 13.8. The van der Waals surface area contributed by atoms with Gasteiger partial charge in [-0.1, -0.05) is 33.4 Å². The van der Waals surface area contributed by atoms with E-state index in [9.17, 15) is 14.6 Å². The summed E-state index contributed by atoms with van der Waals surface area (Å²) in [6, 6.07) is 4.42. The molecular weight excluding hydrogens is 243 g/mol. The summed E-state index contributed by atoms with van der Waals surface area (Å²) in [5.74, 6) is -0.997. The SMILES string of the molecule is C=Cc1c(F)c(O)cc2cc(O)cc(CC)c12.CC. The standard InChI is InChI=1S/C14H13FO2.C2H6/c1-3-8-5-10(16)6-9-7-12(17)14(15)11(4-2)13(8)9;1-2/h4-7,16-17H,2-3H2,1H3;1-2H3. The van der Waals surface area contributed by atoms with Gasteiger partial charge in [0.05, 0.1) is 0 Å². The quantitative estimate of drug-likeness (QED) is 0.829. The summed E-state index contributed by atoms with van der Waals surface area (Å²) >= 11 is 0. The van der Waals surface area contributed by atoms with Crippen molar-refractivity contribution in [3.63, 3.8) is 0 Å².